The van der Waals surface area contributed by atoms with Gasteiger partial charge >= 0.3 is 12.0 Å². The molecule has 2 N–H and O–H groups in total. The summed E-state index contributed by atoms with van der Waals surface area (Å²) in [7, 11) is 1.62. The number of aliphatic carboxylic acids is 1. The van der Waals surface area contributed by atoms with E-state index in [1.54, 1.807) is 25.7 Å². The van der Waals surface area contributed by atoms with Crippen molar-refractivity contribution in [1.29, 1.82) is 0 Å². The normalized spacial score (nSPS) is 12.9. The van der Waals surface area contributed by atoms with E-state index < -0.39 is 11.9 Å². The topological polar surface area (TPSA) is 69.6 Å². The summed E-state index contributed by atoms with van der Waals surface area (Å²) in [4.78, 5) is 24.1. The van der Waals surface area contributed by atoms with Gasteiger partial charge in [-0.15, -0.1) is 0 Å². The first-order chi connectivity index (χ1) is 8.81. The molecule has 6 heteroatoms. The molecular formula is C13H26N2O3S. The fourth-order valence-corrected chi connectivity index (χ4v) is 2.60. The maximum absolute atomic E-state index is 11.9. The number of amides is 2. The van der Waals surface area contributed by atoms with Crippen molar-refractivity contribution in [2.45, 2.75) is 38.4 Å². The summed E-state index contributed by atoms with van der Waals surface area (Å²) < 4.78 is 0.0644. The van der Waals surface area contributed by atoms with Crippen molar-refractivity contribution in [1.82, 2.24) is 10.2 Å². The molecule has 5 nitrogen and oxygen atoms in total. The van der Waals surface area contributed by atoms with E-state index in [0.29, 0.717) is 6.54 Å². The molecule has 1 atom stereocenters. The summed E-state index contributed by atoms with van der Waals surface area (Å²) in [6.07, 6.45) is 4.02. The first-order valence-electron chi connectivity index (χ1n) is 6.58. The van der Waals surface area contributed by atoms with Gasteiger partial charge in [0.2, 0.25) is 0 Å². The molecule has 1 unspecified atom stereocenters. The average Bonchev–Trinajstić information content (AvgIpc) is 2.40. The van der Waals surface area contributed by atoms with Gasteiger partial charge in [-0.1, -0.05) is 20.8 Å². The molecule has 0 spiro atoms. The van der Waals surface area contributed by atoms with Gasteiger partial charge < -0.3 is 15.3 Å². The molecule has 0 aliphatic rings. The molecule has 0 rings (SSSR count). The number of nitrogens with zero attached hydrogens (tertiary/aromatic N) is 1. The van der Waals surface area contributed by atoms with Gasteiger partial charge in [-0.25, -0.2) is 4.79 Å². The SMILES string of the molecule is CCC(CC)(CNC(=O)N(C)CC(C)C(=O)O)SC. The molecule has 2 amide bonds. The van der Waals surface area contributed by atoms with Crippen molar-refractivity contribution < 1.29 is 14.7 Å². The quantitative estimate of drug-likeness (QED) is 0.719. The van der Waals surface area contributed by atoms with E-state index in [2.05, 4.69) is 25.4 Å². The van der Waals surface area contributed by atoms with Gasteiger partial charge in [0, 0.05) is 24.9 Å². The third kappa shape index (κ3) is 5.72. The Labute approximate surface area is 120 Å². The Bertz CT molecular complexity index is 298. The van der Waals surface area contributed by atoms with Gasteiger partial charge in [0.15, 0.2) is 0 Å². The Morgan fingerprint density at radius 3 is 2.26 bits per heavy atom. The number of nitrogens with one attached hydrogen (secondary N) is 1. The van der Waals surface area contributed by atoms with Crippen molar-refractivity contribution in [3.05, 3.63) is 0 Å². The second-order valence-electron chi connectivity index (χ2n) is 4.87. The number of hydrogen-bond donors (Lipinski definition) is 2. The number of carboxylic acid groups (broad SMARTS) is 1. The third-order valence-electron chi connectivity index (χ3n) is 3.60. The second kappa shape index (κ2) is 8.30. The Morgan fingerprint density at radius 1 is 1.37 bits per heavy atom. The third-order valence-corrected chi connectivity index (χ3v) is 5.19. The van der Waals surface area contributed by atoms with E-state index in [4.69, 9.17) is 5.11 Å². The van der Waals surface area contributed by atoms with Crippen LogP contribution in [0.5, 0.6) is 0 Å². The maximum Gasteiger partial charge on any atom is 0.317 e. The van der Waals surface area contributed by atoms with Crippen LogP contribution in [-0.2, 0) is 4.79 Å². The lowest BCUT2D eigenvalue weighted by Crippen LogP contribution is -2.46. The average molecular weight is 290 g/mol. The summed E-state index contributed by atoms with van der Waals surface area (Å²) in [5.41, 5.74) is 0. The summed E-state index contributed by atoms with van der Waals surface area (Å²) >= 11 is 1.76. The lowest BCUT2D eigenvalue weighted by atomic mass is 10.0. The molecular weight excluding hydrogens is 264 g/mol. The Morgan fingerprint density at radius 2 is 1.89 bits per heavy atom. The van der Waals surface area contributed by atoms with E-state index in [1.807, 2.05) is 0 Å². The van der Waals surface area contributed by atoms with E-state index in [1.165, 1.54) is 4.90 Å². The highest BCUT2D eigenvalue weighted by molar-refractivity contribution is 8.00. The number of urea groups is 1. The number of carbonyl (C=O) groups excluding carboxylic acids is 1. The fourth-order valence-electron chi connectivity index (χ4n) is 1.80. The molecule has 0 saturated carbocycles. The Kier molecular flexibility index (Phi) is 7.90. The van der Waals surface area contributed by atoms with Gasteiger partial charge in [0.25, 0.3) is 0 Å². The minimum absolute atomic E-state index is 0.0644. The number of rotatable bonds is 8. The zero-order valence-corrected chi connectivity index (χ0v) is 13.3. The van der Waals surface area contributed by atoms with Crippen molar-refractivity contribution in [3.63, 3.8) is 0 Å². The predicted octanol–water partition coefficient (Wildman–Crippen LogP) is 2.27. The molecule has 0 aromatic rings. The highest BCUT2D eigenvalue weighted by Crippen LogP contribution is 2.29. The van der Waals surface area contributed by atoms with Gasteiger partial charge in [-0.2, -0.15) is 11.8 Å². The Balaban J connectivity index is 4.34. The second-order valence-corrected chi connectivity index (χ2v) is 6.15. The number of thioether (sulfide) groups is 1. The highest BCUT2D eigenvalue weighted by Gasteiger charge is 2.26. The van der Waals surface area contributed by atoms with Gasteiger partial charge in [0.05, 0.1) is 5.92 Å². The molecule has 0 aromatic heterocycles. The largest absolute Gasteiger partial charge is 0.481 e. The molecule has 0 fully saturated rings. The van der Waals surface area contributed by atoms with Crippen LogP contribution in [0, 0.1) is 5.92 Å². The molecule has 0 saturated heterocycles. The maximum atomic E-state index is 11.9. The van der Waals surface area contributed by atoms with Crippen LogP contribution in [0.1, 0.15) is 33.6 Å². The summed E-state index contributed by atoms with van der Waals surface area (Å²) in [5, 5.41) is 11.7. The highest BCUT2D eigenvalue weighted by atomic mass is 32.2. The molecule has 0 bridgehead atoms. The number of hydrogen-bond acceptors (Lipinski definition) is 3. The van der Waals surface area contributed by atoms with Crippen LogP contribution in [0.3, 0.4) is 0 Å². The number of carbonyl (C=O) groups is 2. The van der Waals surface area contributed by atoms with Crippen LogP contribution in [0.2, 0.25) is 0 Å². The van der Waals surface area contributed by atoms with E-state index in [0.717, 1.165) is 12.8 Å². The number of carboxylic acids is 1. The summed E-state index contributed by atoms with van der Waals surface area (Å²) in [5.74, 6) is -1.45. The van der Waals surface area contributed by atoms with Crippen LogP contribution in [0.15, 0.2) is 0 Å². The minimum Gasteiger partial charge on any atom is -0.481 e. The molecule has 0 radical (unpaired) electrons. The fraction of sp³-hybridized carbons (Fsp3) is 0.846. The summed E-state index contributed by atoms with van der Waals surface area (Å²) in [6.45, 7) is 6.64. The van der Waals surface area contributed by atoms with Crippen LogP contribution in [0.4, 0.5) is 4.79 Å². The van der Waals surface area contributed by atoms with E-state index >= 15 is 0 Å². The van der Waals surface area contributed by atoms with Gasteiger partial charge in [-0.3, -0.25) is 4.79 Å². The zero-order chi connectivity index (χ0) is 15.1. The van der Waals surface area contributed by atoms with E-state index in [-0.39, 0.29) is 17.3 Å². The van der Waals surface area contributed by atoms with Crippen molar-refractivity contribution >= 4 is 23.8 Å². The van der Waals surface area contributed by atoms with Gasteiger partial charge in [-0.05, 0) is 19.1 Å². The molecule has 0 aliphatic heterocycles. The molecule has 112 valence electrons. The summed E-state index contributed by atoms with van der Waals surface area (Å²) in [6, 6.07) is -0.214. The van der Waals surface area contributed by atoms with Crippen LogP contribution >= 0.6 is 11.8 Å². The molecule has 19 heavy (non-hydrogen) atoms. The lowest BCUT2D eigenvalue weighted by molar-refractivity contribution is -0.141. The van der Waals surface area contributed by atoms with Crippen LogP contribution in [-0.4, -0.2) is 53.1 Å². The van der Waals surface area contributed by atoms with Gasteiger partial charge in [0.1, 0.15) is 0 Å². The molecule has 0 aromatic carbocycles. The van der Waals surface area contributed by atoms with Crippen LogP contribution < -0.4 is 5.32 Å². The monoisotopic (exact) mass is 290 g/mol. The van der Waals surface area contributed by atoms with Crippen LogP contribution in [0.25, 0.3) is 0 Å². The minimum atomic E-state index is -0.889. The first-order valence-corrected chi connectivity index (χ1v) is 7.81. The van der Waals surface area contributed by atoms with Crippen molar-refractivity contribution in [3.8, 4) is 0 Å². The first kappa shape index (κ1) is 18.1. The van der Waals surface area contributed by atoms with Crippen molar-refractivity contribution in [2.24, 2.45) is 5.92 Å². The standard InChI is InChI=1S/C13H26N2O3S/c1-6-13(7-2,19-5)9-14-12(18)15(4)8-10(3)11(16)17/h10H,6-9H2,1-5H3,(H,14,18)(H,16,17). The zero-order valence-electron chi connectivity index (χ0n) is 12.5. The molecule has 0 heterocycles. The molecule has 0 aliphatic carbocycles. The Hall–Kier alpha value is -0.910. The lowest BCUT2D eigenvalue weighted by Gasteiger charge is -2.31. The van der Waals surface area contributed by atoms with E-state index in [9.17, 15) is 9.59 Å². The van der Waals surface area contributed by atoms with Crippen molar-refractivity contribution in [2.75, 3.05) is 26.4 Å². The predicted molar refractivity (Wildman–Crippen MR) is 79.7 cm³/mol. The smallest absolute Gasteiger partial charge is 0.317 e.